The van der Waals surface area contributed by atoms with Crippen LogP contribution in [0.1, 0.15) is 80.6 Å². The molecule has 0 bridgehead atoms. The van der Waals surface area contributed by atoms with Gasteiger partial charge in [-0.15, -0.1) is 4.90 Å². The van der Waals surface area contributed by atoms with Crippen molar-refractivity contribution in [1.82, 2.24) is 0 Å². The highest BCUT2D eigenvalue weighted by atomic mass is 16.6. The predicted octanol–water partition coefficient (Wildman–Crippen LogP) is 3.50. The Morgan fingerprint density at radius 2 is 1.46 bits per heavy atom. The van der Waals surface area contributed by atoms with Crippen molar-refractivity contribution < 1.29 is 33.5 Å². The van der Waals surface area contributed by atoms with E-state index in [1.165, 1.54) is 0 Å². The molecule has 28 heavy (non-hydrogen) atoms. The Hall–Kier alpha value is -1.63. The van der Waals surface area contributed by atoms with Crippen LogP contribution in [0.3, 0.4) is 0 Å². The molecular formula is C21H38NO6+. The molecule has 7 nitrogen and oxygen atoms in total. The molecule has 0 aromatic carbocycles. The standard InChI is InChI=1S/C21H37NO6/c1-8-9-13-26-17(23)16-14-15(16)11-10-12-22(18(24)27-20(2,3)4)19(25)28-21(5,6)7/h15-16H,8-14H2,1-7H3/p+1. The van der Waals surface area contributed by atoms with Gasteiger partial charge in [0.1, 0.15) is 11.2 Å². The normalized spacial score (nSPS) is 19.3. The fourth-order valence-corrected chi connectivity index (χ4v) is 2.79. The van der Waals surface area contributed by atoms with Crippen LogP contribution >= 0.6 is 0 Å². The number of quaternary nitrogens is 1. The molecule has 1 N–H and O–H groups in total. The maximum atomic E-state index is 12.5. The predicted molar refractivity (Wildman–Crippen MR) is 105 cm³/mol. The molecule has 2 amide bonds. The van der Waals surface area contributed by atoms with Crippen molar-refractivity contribution in [3.63, 3.8) is 0 Å². The van der Waals surface area contributed by atoms with E-state index < -0.39 is 23.4 Å². The Labute approximate surface area is 169 Å². The van der Waals surface area contributed by atoms with E-state index in [4.69, 9.17) is 14.2 Å². The van der Waals surface area contributed by atoms with Gasteiger partial charge in [-0.25, -0.2) is 0 Å². The molecule has 0 aromatic rings. The molecule has 2 unspecified atom stereocenters. The minimum Gasteiger partial charge on any atom is -0.465 e. The Morgan fingerprint density at radius 3 is 1.93 bits per heavy atom. The van der Waals surface area contributed by atoms with Gasteiger partial charge in [0.25, 0.3) is 0 Å². The number of esters is 1. The first kappa shape index (κ1) is 24.4. The summed E-state index contributed by atoms with van der Waals surface area (Å²) in [6.07, 6.45) is 2.82. The molecule has 1 fully saturated rings. The molecule has 1 rings (SSSR count). The number of alkyl carbamates (subject to hydrolysis) is 4. The fourth-order valence-electron chi connectivity index (χ4n) is 2.79. The molecule has 7 heteroatoms. The summed E-state index contributed by atoms with van der Waals surface area (Å²) >= 11 is 0. The van der Waals surface area contributed by atoms with Gasteiger partial charge in [-0.05, 0) is 73.1 Å². The largest absolute Gasteiger partial charge is 0.525 e. The summed E-state index contributed by atoms with van der Waals surface area (Å²) < 4.78 is 16.0. The molecule has 0 saturated heterocycles. The van der Waals surface area contributed by atoms with Crippen LogP contribution in [0.25, 0.3) is 0 Å². The lowest BCUT2D eigenvalue weighted by Gasteiger charge is -2.24. The molecule has 0 aromatic heterocycles. The SMILES string of the molecule is CCCCOC(=O)C1CC1CCC[NH+](C(=O)OC(C)(C)C)C(=O)OC(C)(C)C. The van der Waals surface area contributed by atoms with E-state index in [1.807, 2.05) is 0 Å². The topological polar surface area (TPSA) is 83.3 Å². The van der Waals surface area contributed by atoms with Crippen molar-refractivity contribution >= 4 is 18.2 Å². The van der Waals surface area contributed by atoms with E-state index in [-0.39, 0.29) is 29.2 Å². The monoisotopic (exact) mass is 400 g/mol. The number of nitrogens with one attached hydrogen (secondary N) is 1. The smallest absolute Gasteiger partial charge is 0.465 e. The number of hydrogen-bond acceptors (Lipinski definition) is 6. The Morgan fingerprint density at radius 1 is 0.929 bits per heavy atom. The second-order valence-corrected chi connectivity index (χ2v) is 9.50. The highest BCUT2D eigenvalue weighted by molar-refractivity contribution is 5.75. The zero-order chi connectivity index (χ0) is 21.5. The number of unbranched alkanes of at least 4 members (excludes halogenated alkanes) is 1. The van der Waals surface area contributed by atoms with Crippen LogP contribution in [0, 0.1) is 11.8 Å². The minimum atomic E-state index is -0.686. The van der Waals surface area contributed by atoms with Crippen molar-refractivity contribution in [1.29, 1.82) is 0 Å². The first-order chi connectivity index (χ1) is 12.8. The van der Waals surface area contributed by atoms with Gasteiger partial charge in [0, 0.05) is 0 Å². The summed E-state index contributed by atoms with van der Waals surface area (Å²) in [6, 6.07) is 0. The summed E-state index contributed by atoms with van der Waals surface area (Å²) in [5.41, 5.74) is -1.37. The van der Waals surface area contributed by atoms with E-state index in [9.17, 15) is 14.4 Å². The Bertz CT molecular complexity index is 518. The number of ether oxygens (including phenoxy) is 3. The number of imide groups is 1. The summed E-state index contributed by atoms with van der Waals surface area (Å²) in [7, 11) is 0. The zero-order valence-electron chi connectivity index (χ0n) is 18.6. The number of rotatable bonds is 8. The van der Waals surface area contributed by atoms with Crippen LogP contribution in [0.5, 0.6) is 0 Å². The maximum Gasteiger partial charge on any atom is 0.525 e. The minimum absolute atomic E-state index is 0.0348. The second-order valence-electron chi connectivity index (χ2n) is 9.50. The van der Waals surface area contributed by atoms with Crippen LogP contribution in [-0.2, 0) is 19.0 Å². The van der Waals surface area contributed by atoms with E-state index >= 15 is 0 Å². The maximum absolute atomic E-state index is 12.5. The average Bonchev–Trinajstić information content (AvgIpc) is 3.27. The van der Waals surface area contributed by atoms with Crippen LogP contribution in [0.2, 0.25) is 0 Å². The van der Waals surface area contributed by atoms with Gasteiger partial charge in [-0.1, -0.05) is 13.3 Å². The molecule has 2 atom stereocenters. The van der Waals surface area contributed by atoms with Crippen LogP contribution in [0.15, 0.2) is 0 Å². The lowest BCUT2D eigenvalue weighted by Crippen LogP contribution is -3.17. The summed E-state index contributed by atoms with van der Waals surface area (Å²) in [5.74, 6) is 0.109. The highest BCUT2D eigenvalue weighted by Gasteiger charge is 2.44. The average molecular weight is 401 g/mol. The summed E-state index contributed by atoms with van der Waals surface area (Å²) in [5, 5.41) is 0. The molecular weight excluding hydrogens is 362 g/mol. The third-order valence-electron chi connectivity index (χ3n) is 4.26. The lowest BCUT2D eigenvalue weighted by atomic mass is 10.2. The van der Waals surface area contributed by atoms with Crippen LogP contribution in [-0.4, -0.2) is 42.5 Å². The lowest BCUT2D eigenvalue weighted by molar-refractivity contribution is -0.748. The van der Waals surface area contributed by atoms with E-state index in [0.717, 1.165) is 25.7 Å². The van der Waals surface area contributed by atoms with Crippen molar-refractivity contribution in [2.75, 3.05) is 13.2 Å². The van der Waals surface area contributed by atoms with Crippen molar-refractivity contribution in [2.45, 2.75) is 91.8 Å². The number of carbonyl (C=O) groups is 3. The quantitative estimate of drug-likeness (QED) is 0.381. The van der Waals surface area contributed by atoms with Crippen LogP contribution < -0.4 is 4.90 Å². The molecule has 0 radical (unpaired) electrons. The summed E-state index contributed by atoms with van der Waals surface area (Å²) in [6.45, 7) is 13.4. The van der Waals surface area contributed by atoms with Gasteiger partial charge in [0.05, 0.1) is 19.1 Å². The van der Waals surface area contributed by atoms with Gasteiger partial charge < -0.3 is 14.2 Å². The number of hydrogen-bond donors (Lipinski definition) is 1. The Kier molecular flexibility index (Phi) is 8.92. The molecule has 0 spiro atoms. The molecule has 0 aliphatic heterocycles. The molecule has 162 valence electrons. The van der Waals surface area contributed by atoms with Crippen LogP contribution in [0.4, 0.5) is 9.59 Å². The third-order valence-corrected chi connectivity index (χ3v) is 4.26. The van der Waals surface area contributed by atoms with Crippen molar-refractivity contribution in [2.24, 2.45) is 11.8 Å². The number of carbonyl (C=O) groups excluding carboxylic acids is 3. The fraction of sp³-hybridized carbons (Fsp3) is 0.857. The first-order valence-corrected chi connectivity index (χ1v) is 10.3. The molecule has 1 aliphatic carbocycles. The van der Waals surface area contributed by atoms with Crippen molar-refractivity contribution in [3.8, 4) is 0 Å². The van der Waals surface area contributed by atoms with Gasteiger partial charge in [0.2, 0.25) is 0 Å². The van der Waals surface area contributed by atoms with Gasteiger partial charge in [-0.2, -0.15) is 9.59 Å². The first-order valence-electron chi connectivity index (χ1n) is 10.3. The van der Waals surface area contributed by atoms with E-state index in [1.54, 1.807) is 41.5 Å². The zero-order valence-corrected chi connectivity index (χ0v) is 18.6. The third kappa shape index (κ3) is 9.53. The second kappa shape index (κ2) is 10.2. The van der Waals surface area contributed by atoms with Gasteiger partial charge in [-0.3, -0.25) is 4.79 Å². The van der Waals surface area contributed by atoms with E-state index in [2.05, 4.69) is 6.92 Å². The number of amides is 2. The molecule has 1 aliphatic rings. The van der Waals surface area contributed by atoms with Gasteiger partial charge >= 0.3 is 18.2 Å². The highest BCUT2D eigenvalue weighted by Crippen LogP contribution is 2.42. The van der Waals surface area contributed by atoms with E-state index in [0.29, 0.717) is 13.0 Å². The molecule has 1 saturated carbocycles. The Balaban J connectivity index is 2.53. The summed E-state index contributed by atoms with van der Waals surface area (Å²) in [4.78, 5) is 36.9. The van der Waals surface area contributed by atoms with Gasteiger partial charge in [0.15, 0.2) is 0 Å². The van der Waals surface area contributed by atoms with Crippen molar-refractivity contribution in [3.05, 3.63) is 0 Å². The molecule has 0 heterocycles.